The van der Waals surface area contributed by atoms with Crippen LogP contribution in [0.15, 0.2) is 12.3 Å². The van der Waals surface area contributed by atoms with E-state index in [1.807, 2.05) is 6.92 Å². The van der Waals surface area contributed by atoms with Crippen LogP contribution in [-0.2, 0) is 4.74 Å². The van der Waals surface area contributed by atoms with E-state index in [9.17, 15) is 0 Å². The van der Waals surface area contributed by atoms with Crippen LogP contribution in [0.4, 0.5) is 5.82 Å². The van der Waals surface area contributed by atoms with Gasteiger partial charge in [-0.15, -0.1) is 0 Å². The molecular weight excluding hydrogens is 264 g/mol. The van der Waals surface area contributed by atoms with Crippen LogP contribution in [0.25, 0.3) is 0 Å². The molecule has 19 heavy (non-hydrogen) atoms. The molecule has 0 spiro atoms. The smallest absolute Gasteiger partial charge is 0.148 e. The number of ether oxygens (including phenoxy) is 1. The number of aromatic nitrogens is 1. The Bertz CT molecular complexity index is 464. The Morgan fingerprint density at radius 2 is 2.47 bits per heavy atom. The second-order valence-electron chi connectivity index (χ2n) is 4.58. The molecule has 2 heterocycles. The zero-order valence-electron chi connectivity index (χ0n) is 11.0. The summed E-state index contributed by atoms with van der Waals surface area (Å²) in [5.41, 5.74) is 6.05. The lowest BCUT2D eigenvalue weighted by molar-refractivity contribution is 0.0525. The number of anilines is 1. The molecule has 104 valence electrons. The molecule has 1 saturated heterocycles. The molecule has 0 bridgehead atoms. The Kier molecular flexibility index (Phi) is 4.61. The molecule has 5 nitrogen and oxygen atoms in total. The van der Waals surface area contributed by atoms with Crippen molar-refractivity contribution >= 4 is 23.3 Å². The Hall–Kier alpha value is -1.33. The molecule has 0 amide bonds. The highest BCUT2D eigenvalue weighted by molar-refractivity contribution is 6.36. The molecule has 1 aromatic heterocycles. The van der Waals surface area contributed by atoms with Gasteiger partial charge in [-0.25, -0.2) is 4.98 Å². The topological polar surface area (TPSA) is 75.2 Å². The summed E-state index contributed by atoms with van der Waals surface area (Å²) in [5, 5.41) is 7.97. The lowest BCUT2D eigenvalue weighted by Crippen LogP contribution is -2.40. The van der Waals surface area contributed by atoms with E-state index in [-0.39, 0.29) is 11.9 Å². The zero-order chi connectivity index (χ0) is 13.8. The molecule has 1 aliphatic heterocycles. The molecule has 2 rings (SSSR count). The summed E-state index contributed by atoms with van der Waals surface area (Å²) in [5.74, 6) is 0.658. The lowest BCUT2D eigenvalue weighted by atomic mass is 10.1. The van der Waals surface area contributed by atoms with E-state index in [1.54, 1.807) is 12.3 Å². The number of nitrogens with zero attached hydrogens (tertiary/aromatic N) is 2. The van der Waals surface area contributed by atoms with Crippen molar-refractivity contribution in [2.75, 3.05) is 24.6 Å². The number of amidine groups is 1. The number of piperidine rings is 1. The van der Waals surface area contributed by atoms with E-state index in [1.165, 1.54) is 0 Å². The quantitative estimate of drug-likeness (QED) is 0.654. The van der Waals surface area contributed by atoms with Crippen molar-refractivity contribution in [3.05, 3.63) is 22.8 Å². The standard InChI is InChI=1S/C13H19ClN4O/c1-2-19-9-4-3-7-18(8-9)13-11(14)10(12(15)16)5-6-17-13/h5-6,9H,2-4,7-8H2,1H3,(H3,15,16). The number of rotatable bonds is 4. The first kappa shape index (κ1) is 14.1. The van der Waals surface area contributed by atoms with Crippen molar-refractivity contribution < 1.29 is 4.74 Å². The van der Waals surface area contributed by atoms with Gasteiger partial charge in [-0.3, -0.25) is 5.41 Å². The first-order valence-electron chi connectivity index (χ1n) is 6.49. The predicted molar refractivity (Wildman–Crippen MR) is 77.1 cm³/mol. The lowest BCUT2D eigenvalue weighted by Gasteiger charge is -2.34. The molecular formula is C13H19ClN4O. The SMILES string of the molecule is CCOC1CCCN(c2nccc(C(=N)N)c2Cl)C1. The molecule has 3 N–H and O–H groups in total. The van der Waals surface area contributed by atoms with Gasteiger partial charge in [0.1, 0.15) is 11.7 Å². The second kappa shape index (κ2) is 6.21. The third-order valence-corrected chi connectivity index (χ3v) is 3.61. The van der Waals surface area contributed by atoms with Gasteiger partial charge in [0.15, 0.2) is 0 Å². The monoisotopic (exact) mass is 282 g/mol. The number of pyridine rings is 1. The Labute approximate surface area is 118 Å². The molecule has 6 heteroatoms. The van der Waals surface area contributed by atoms with Crippen molar-refractivity contribution in [1.29, 1.82) is 5.41 Å². The Balaban J connectivity index is 2.21. The molecule has 0 aromatic carbocycles. The van der Waals surface area contributed by atoms with Crippen LogP contribution in [0.1, 0.15) is 25.3 Å². The summed E-state index contributed by atoms with van der Waals surface area (Å²) < 4.78 is 5.67. The van der Waals surface area contributed by atoms with Crippen LogP contribution in [0.5, 0.6) is 0 Å². The summed E-state index contributed by atoms with van der Waals surface area (Å²) in [6.07, 6.45) is 3.97. The Morgan fingerprint density at radius 1 is 1.68 bits per heavy atom. The van der Waals surface area contributed by atoms with E-state index >= 15 is 0 Å². The fourth-order valence-corrected chi connectivity index (χ4v) is 2.70. The molecule has 1 fully saturated rings. The fourth-order valence-electron chi connectivity index (χ4n) is 2.36. The maximum Gasteiger partial charge on any atom is 0.148 e. The minimum Gasteiger partial charge on any atom is -0.384 e. The zero-order valence-corrected chi connectivity index (χ0v) is 11.8. The number of halogens is 1. The van der Waals surface area contributed by atoms with Gasteiger partial charge in [0.05, 0.1) is 11.1 Å². The molecule has 1 atom stereocenters. The van der Waals surface area contributed by atoms with Gasteiger partial charge in [0, 0.05) is 31.5 Å². The van der Waals surface area contributed by atoms with Gasteiger partial charge in [-0.05, 0) is 25.8 Å². The number of nitrogens with two attached hydrogens (primary N) is 1. The van der Waals surface area contributed by atoms with E-state index in [2.05, 4.69) is 9.88 Å². The van der Waals surface area contributed by atoms with Crippen molar-refractivity contribution in [1.82, 2.24) is 4.98 Å². The molecule has 0 saturated carbocycles. The van der Waals surface area contributed by atoms with Gasteiger partial charge < -0.3 is 15.4 Å². The van der Waals surface area contributed by atoms with Gasteiger partial charge in [0.25, 0.3) is 0 Å². The highest BCUT2D eigenvalue weighted by Gasteiger charge is 2.23. The Morgan fingerprint density at radius 3 is 3.16 bits per heavy atom. The van der Waals surface area contributed by atoms with Crippen molar-refractivity contribution in [3.8, 4) is 0 Å². The first-order chi connectivity index (χ1) is 9.13. The summed E-state index contributed by atoms with van der Waals surface area (Å²) in [7, 11) is 0. The first-order valence-corrected chi connectivity index (χ1v) is 6.86. The predicted octanol–water partition coefficient (Wildman–Crippen LogP) is 2.02. The van der Waals surface area contributed by atoms with Crippen molar-refractivity contribution in [2.45, 2.75) is 25.9 Å². The number of nitrogen functional groups attached to an aromatic ring is 1. The van der Waals surface area contributed by atoms with Gasteiger partial charge in [-0.2, -0.15) is 0 Å². The second-order valence-corrected chi connectivity index (χ2v) is 4.95. The third kappa shape index (κ3) is 3.16. The van der Waals surface area contributed by atoms with Gasteiger partial charge in [0.2, 0.25) is 0 Å². The van der Waals surface area contributed by atoms with Crippen molar-refractivity contribution in [2.24, 2.45) is 5.73 Å². The average Bonchev–Trinajstić information content (AvgIpc) is 2.39. The summed E-state index contributed by atoms with van der Waals surface area (Å²) in [6, 6.07) is 1.66. The number of hydrogen-bond donors (Lipinski definition) is 2. The summed E-state index contributed by atoms with van der Waals surface area (Å²) in [4.78, 5) is 6.44. The molecule has 1 aromatic rings. The van der Waals surface area contributed by atoms with Gasteiger partial charge >= 0.3 is 0 Å². The number of nitrogens with one attached hydrogen (secondary N) is 1. The van der Waals surface area contributed by atoms with E-state index in [0.717, 1.165) is 25.9 Å². The largest absolute Gasteiger partial charge is 0.384 e. The minimum absolute atomic E-state index is 0.0352. The average molecular weight is 283 g/mol. The van der Waals surface area contributed by atoms with Gasteiger partial charge in [-0.1, -0.05) is 11.6 Å². The fraction of sp³-hybridized carbons (Fsp3) is 0.538. The van der Waals surface area contributed by atoms with E-state index in [0.29, 0.717) is 23.0 Å². The maximum atomic E-state index is 7.51. The third-order valence-electron chi connectivity index (χ3n) is 3.24. The highest BCUT2D eigenvalue weighted by Crippen LogP contribution is 2.29. The molecule has 0 radical (unpaired) electrons. The highest BCUT2D eigenvalue weighted by atomic mass is 35.5. The normalized spacial score (nSPS) is 19.5. The number of hydrogen-bond acceptors (Lipinski definition) is 4. The van der Waals surface area contributed by atoms with Crippen molar-refractivity contribution in [3.63, 3.8) is 0 Å². The molecule has 1 unspecified atom stereocenters. The minimum atomic E-state index is -0.0352. The molecule has 0 aliphatic carbocycles. The van der Waals surface area contributed by atoms with Crippen LogP contribution >= 0.6 is 11.6 Å². The van der Waals surface area contributed by atoms with Crippen LogP contribution in [0.3, 0.4) is 0 Å². The summed E-state index contributed by atoms with van der Waals surface area (Å²) >= 11 is 6.30. The summed E-state index contributed by atoms with van der Waals surface area (Å²) in [6.45, 7) is 4.40. The maximum absolute atomic E-state index is 7.51. The van der Waals surface area contributed by atoms with E-state index < -0.39 is 0 Å². The molecule has 1 aliphatic rings. The van der Waals surface area contributed by atoms with Crippen LogP contribution in [0, 0.1) is 5.41 Å². The van der Waals surface area contributed by atoms with Crippen LogP contribution in [-0.4, -0.2) is 36.6 Å². The van der Waals surface area contributed by atoms with Crippen LogP contribution in [0.2, 0.25) is 5.02 Å². The van der Waals surface area contributed by atoms with E-state index in [4.69, 9.17) is 27.5 Å². The van der Waals surface area contributed by atoms with Crippen LogP contribution < -0.4 is 10.6 Å².